The second kappa shape index (κ2) is 8.73. The standard InChI is InChI=1S/C25H24N2O3S/c28-23(27-12-14-30-15-13-27)16-31-22-7-2-1-5-20(22)25(29)26-21-11-10-18-9-8-17-4-3-6-19(21)24(17)18/h1-7,10-11H,8-9,12-16H2,(H,26,29). The molecule has 5 rings (SSSR count). The first kappa shape index (κ1) is 20.1. The van der Waals surface area contributed by atoms with Crippen LogP contribution in [-0.2, 0) is 22.4 Å². The van der Waals surface area contributed by atoms with E-state index >= 15 is 0 Å². The maximum atomic E-state index is 13.2. The zero-order chi connectivity index (χ0) is 21.2. The molecule has 1 aliphatic carbocycles. The molecule has 0 aromatic heterocycles. The molecule has 0 bridgehead atoms. The lowest BCUT2D eigenvalue weighted by Crippen LogP contribution is -2.41. The maximum Gasteiger partial charge on any atom is 0.256 e. The first-order valence-corrected chi connectivity index (χ1v) is 11.6. The molecular formula is C25H24N2O3S. The van der Waals surface area contributed by atoms with Gasteiger partial charge in [0.2, 0.25) is 5.91 Å². The highest BCUT2D eigenvalue weighted by Gasteiger charge is 2.20. The average Bonchev–Trinajstić information content (AvgIpc) is 3.24. The van der Waals surface area contributed by atoms with Crippen molar-refractivity contribution >= 4 is 40.0 Å². The van der Waals surface area contributed by atoms with Crippen molar-refractivity contribution in [1.29, 1.82) is 0 Å². The van der Waals surface area contributed by atoms with Crippen LogP contribution < -0.4 is 5.32 Å². The van der Waals surface area contributed by atoms with Gasteiger partial charge in [-0.05, 0) is 47.6 Å². The topological polar surface area (TPSA) is 58.6 Å². The highest BCUT2D eigenvalue weighted by Crippen LogP contribution is 2.35. The molecule has 0 saturated carbocycles. The number of amides is 2. The molecule has 0 radical (unpaired) electrons. The van der Waals surface area contributed by atoms with E-state index in [1.807, 2.05) is 35.2 Å². The van der Waals surface area contributed by atoms with Crippen LogP contribution in [0.2, 0.25) is 0 Å². The van der Waals surface area contributed by atoms with Gasteiger partial charge in [-0.15, -0.1) is 11.8 Å². The number of carbonyl (C=O) groups is 2. The number of anilines is 1. The third-order valence-corrected chi connectivity index (χ3v) is 7.03. The lowest BCUT2D eigenvalue weighted by atomic mass is 10.0. The predicted octanol–water partition coefficient (Wildman–Crippen LogP) is 4.14. The number of aryl methyl sites for hydroxylation is 2. The minimum absolute atomic E-state index is 0.0796. The molecule has 31 heavy (non-hydrogen) atoms. The number of nitrogens with zero attached hydrogens (tertiary/aromatic N) is 1. The van der Waals surface area contributed by atoms with Crippen molar-refractivity contribution < 1.29 is 14.3 Å². The van der Waals surface area contributed by atoms with E-state index in [4.69, 9.17) is 4.74 Å². The number of morpholine rings is 1. The van der Waals surface area contributed by atoms with E-state index in [-0.39, 0.29) is 11.8 Å². The molecular weight excluding hydrogens is 408 g/mol. The second-order valence-electron chi connectivity index (χ2n) is 7.84. The molecule has 0 atom stereocenters. The summed E-state index contributed by atoms with van der Waals surface area (Å²) in [4.78, 5) is 28.3. The number of carbonyl (C=O) groups excluding carboxylic acids is 2. The number of ether oxygens (including phenoxy) is 1. The fourth-order valence-corrected chi connectivity index (χ4v) is 5.32. The summed E-state index contributed by atoms with van der Waals surface area (Å²) >= 11 is 1.41. The molecule has 1 N–H and O–H groups in total. The van der Waals surface area contributed by atoms with E-state index in [2.05, 4.69) is 29.6 Å². The van der Waals surface area contributed by atoms with Crippen molar-refractivity contribution in [3.8, 4) is 0 Å². The van der Waals surface area contributed by atoms with Gasteiger partial charge in [0.15, 0.2) is 0 Å². The molecule has 1 heterocycles. The lowest BCUT2D eigenvalue weighted by Gasteiger charge is -2.26. The summed E-state index contributed by atoms with van der Waals surface area (Å²) in [5.74, 6) is 0.238. The summed E-state index contributed by atoms with van der Waals surface area (Å²) in [5.41, 5.74) is 4.12. The minimum Gasteiger partial charge on any atom is -0.378 e. The molecule has 1 aliphatic heterocycles. The number of thioether (sulfide) groups is 1. The molecule has 6 heteroatoms. The van der Waals surface area contributed by atoms with Crippen LogP contribution in [0, 0.1) is 0 Å². The van der Waals surface area contributed by atoms with Gasteiger partial charge in [-0.25, -0.2) is 0 Å². The minimum atomic E-state index is -0.152. The van der Waals surface area contributed by atoms with Gasteiger partial charge >= 0.3 is 0 Å². The van der Waals surface area contributed by atoms with Gasteiger partial charge in [0.1, 0.15) is 0 Å². The van der Waals surface area contributed by atoms with Crippen LogP contribution in [0.15, 0.2) is 59.5 Å². The van der Waals surface area contributed by atoms with Crippen LogP contribution in [-0.4, -0.2) is 48.8 Å². The zero-order valence-corrected chi connectivity index (χ0v) is 18.0. The Labute approximate surface area is 185 Å². The fourth-order valence-electron chi connectivity index (χ4n) is 4.37. The van der Waals surface area contributed by atoms with Crippen LogP contribution in [0.1, 0.15) is 21.5 Å². The van der Waals surface area contributed by atoms with Crippen molar-refractivity contribution in [2.75, 3.05) is 37.4 Å². The molecule has 5 nitrogen and oxygen atoms in total. The molecule has 2 aliphatic rings. The quantitative estimate of drug-likeness (QED) is 0.616. The maximum absolute atomic E-state index is 13.2. The summed E-state index contributed by atoms with van der Waals surface area (Å²) in [6.45, 7) is 2.44. The zero-order valence-electron chi connectivity index (χ0n) is 17.2. The number of benzene rings is 3. The van der Waals surface area contributed by atoms with E-state index < -0.39 is 0 Å². The summed E-state index contributed by atoms with van der Waals surface area (Å²) in [6, 6.07) is 17.9. The first-order chi connectivity index (χ1) is 15.2. The molecule has 1 fully saturated rings. The van der Waals surface area contributed by atoms with Gasteiger partial charge in [-0.2, -0.15) is 0 Å². The van der Waals surface area contributed by atoms with Crippen LogP contribution in [0.3, 0.4) is 0 Å². The third kappa shape index (κ3) is 4.05. The Balaban J connectivity index is 1.34. The van der Waals surface area contributed by atoms with E-state index in [0.717, 1.165) is 28.8 Å². The van der Waals surface area contributed by atoms with Crippen LogP contribution >= 0.6 is 11.8 Å². The lowest BCUT2D eigenvalue weighted by molar-refractivity contribution is -0.132. The number of hydrogen-bond acceptors (Lipinski definition) is 4. The largest absolute Gasteiger partial charge is 0.378 e. The van der Waals surface area contributed by atoms with Crippen molar-refractivity contribution in [3.63, 3.8) is 0 Å². The highest BCUT2D eigenvalue weighted by molar-refractivity contribution is 8.00. The van der Waals surface area contributed by atoms with Gasteiger partial charge in [0.05, 0.1) is 24.5 Å². The van der Waals surface area contributed by atoms with Gasteiger partial charge in [-0.1, -0.05) is 36.4 Å². The summed E-state index contributed by atoms with van der Waals surface area (Å²) < 4.78 is 5.32. The molecule has 1 saturated heterocycles. The monoisotopic (exact) mass is 432 g/mol. The molecule has 158 valence electrons. The Morgan fingerprint density at radius 1 is 0.935 bits per heavy atom. The Kier molecular flexibility index (Phi) is 5.66. The van der Waals surface area contributed by atoms with Gasteiger partial charge in [0, 0.05) is 29.1 Å². The number of hydrogen-bond donors (Lipinski definition) is 1. The van der Waals surface area contributed by atoms with Crippen molar-refractivity contribution in [3.05, 3.63) is 71.3 Å². The summed E-state index contributed by atoms with van der Waals surface area (Å²) in [6.07, 6.45) is 2.11. The normalized spacial score (nSPS) is 15.3. The fraction of sp³-hybridized carbons (Fsp3) is 0.280. The Hall–Kier alpha value is -2.83. The van der Waals surface area contributed by atoms with Crippen LogP contribution in [0.25, 0.3) is 10.8 Å². The molecule has 0 spiro atoms. The molecule has 3 aromatic rings. The van der Waals surface area contributed by atoms with Gasteiger partial charge < -0.3 is 15.0 Å². The van der Waals surface area contributed by atoms with Gasteiger partial charge in [0.25, 0.3) is 5.91 Å². The van der Waals surface area contributed by atoms with E-state index in [0.29, 0.717) is 37.6 Å². The Morgan fingerprint density at radius 3 is 2.55 bits per heavy atom. The average molecular weight is 433 g/mol. The van der Waals surface area contributed by atoms with Crippen LogP contribution in [0.4, 0.5) is 5.69 Å². The summed E-state index contributed by atoms with van der Waals surface area (Å²) in [7, 11) is 0. The van der Waals surface area contributed by atoms with Crippen molar-refractivity contribution in [2.45, 2.75) is 17.7 Å². The second-order valence-corrected chi connectivity index (χ2v) is 8.86. The molecule has 2 amide bonds. The van der Waals surface area contributed by atoms with Crippen molar-refractivity contribution in [2.24, 2.45) is 0 Å². The highest BCUT2D eigenvalue weighted by atomic mass is 32.2. The Bertz CT molecular complexity index is 1140. The van der Waals surface area contributed by atoms with E-state index in [1.165, 1.54) is 28.3 Å². The van der Waals surface area contributed by atoms with E-state index in [9.17, 15) is 9.59 Å². The predicted molar refractivity (Wildman–Crippen MR) is 124 cm³/mol. The Morgan fingerprint density at radius 2 is 1.71 bits per heavy atom. The molecule has 3 aromatic carbocycles. The smallest absolute Gasteiger partial charge is 0.256 e. The van der Waals surface area contributed by atoms with E-state index in [1.54, 1.807) is 0 Å². The number of nitrogens with one attached hydrogen (secondary N) is 1. The molecule has 0 unspecified atom stereocenters. The summed E-state index contributed by atoms with van der Waals surface area (Å²) in [5, 5.41) is 5.48. The first-order valence-electron chi connectivity index (χ1n) is 10.6. The van der Waals surface area contributed by atoms with Gasteiger partial charge in [-0.3, -0.25) is 9.59 Å². The third-order valence-electron chi connectivity index (χ3n) is 5.97. The number of rotatable bonds is 5. The van der Waals surface area contributed by atoms with Crippen LogP contribution in [0.5, 0.6) is 0 Å². The SMILES string of the molecule is O=C(Nc1ccc2c3c(cccc13)CC2)c1ccccc1SCC(=O)N1CCOCC1. The van der Waals surface area contributed by atoms with Crippen molar-refractivity contribution in [1.82, 2.24) is 4.90 Å².